The van der Waals surface area contributed by atoms with Crippen molar-refractivity contribution in [1.82, 2.24) is 14.8 Å². The number of halogens is 2. The van der Waals surface area contributed by atoms with Gasteiger partial charge in [-0.3, -0.25) is 4.57 Å². The summed E-state index contributed by atoms with van der Waals surface area (Å²) in [4.78, 5) is 0. The molecule has 1 aliphatic rings. The third kappa shape index (κ3) is 4.05. The Morgan fingerprint density at radius 3 is 3.00 bits per heavy atom. The summed E-state index contributed by atoms with van der Waals surface area (Å²) in [6.45, 7) is 2.64. The van der Waals surface area contributed by atoms with Gasteiger partial charge in [-0.25, -0.2) is 4.39 Å². The first kappa shape index (κ1) is 19.6. The normalized spacial score (nSPS) is 15.8. The van der Waals surface area contributed by atoms with Crippen molar-refractivity contribution < 1.29 is 19.0 Å². The molecule has 152 valence electrons. The molecule has 4 rings (SSSR count). The summed E-state index contributed by atoms with van der Waals surface area (Å²) in [6, 6.07) is 9.69. The molecule has 1 aliphatic heterocycles. The maximum absolute atomic E-state index is 13.8. The van der Waals surface area contributed by atoms with Crippen LogP contribution in [0.3, 0.4) is 0 Å². The average molecular weight is 419 g/mol. The van der Waals surface area contributed by atoms with Crippen molar-refractivity contribution in [3.05, 3.63) is 64.2 Å². The lowest BCUT2D eigenvalue weighted by molar-refractivity contribution is 0.0669. The highest BCUT2D eigenvalue weighted by atomic mass is 35.5. The molecule has 0 saturated heterocycles. The van der Waals surface area contributed by atoms with Crippen molar-refractivity contribution in [2.75, 3.05) is 25.1 Å². The fraction of sp³-hybridized carbons (Fsp3) is 0.300. The zero-order valence-corrected chi connectivity index (χ0v) is 16.5. The first-order chi connectivity index (χ1) is 14.1. The Hall–Kier alpha value is -2.68. The Morgan fingerprint density at radius 1 is 1.34 bits per heavy atom. The van der Waals surface area contributed by atoms with Gasteiger partial charge in [-0.2, -0.15) is 0 Å². The van der Waals surface area contributed by atoms with Crippen LogP contribution in [-0.2, 0) is 11.3 Å². The summed E-state index contributed by atoms with van der Waals surface area (Å²) in [5, 5.41) is 21.2. The lowest BCUT2D eigenvalue weighted by Gasteiger charge is -2.27. The number of anilines is 2. The van der Waals surface area contributed by atoms with Crippen molar-refractivity contribution in [2.24, 2.45) is 0 Å². The quantitative estimate of drug-likeness (QED) is 0.636. The van der Waals surface area contributed by atoms with Gasteiger partial charge in [0.15, 0.2) is 5.82 Å². The van der Waals surface area contributed by atoms with E-state index in [1.807, 2.05) is 17.6 Å². The molecule has 3 aromatic rings. The van der Waals surface area contributed by atoms with Gasteiger partial charge in [0.05, 0.1) is 24.3 Å². The first-order valence-corrected chi connectivity index (χ1v) is 9.52. The molecule has 0 amide bonds. The number of hydrogen-bond acceptors (Lipinski definition) is 6. The van der Waals surface area contributed by atoms with Gasteiger partial charge < -0.3 is 19.9 Å². The minimum Gasteiger partial charge on any atom is -0.490 e. The van der Waals surface area contributed by atoms with Crippen LogP contribution < -0.4 is 10.1 Å². The van der Waals surface area contributed by atoms with E-state index in [1.165, 1.54) is 12.1 Å². The fourth-order valence-electron chi connectivity index (χ4n) is 3.30. The van der Waals surface area contributed by atoms with E-state index in [0.717, 1.165) is 16.8 Å². The summed E-state index contributed by atoms with van der Waals surface area (Å²) in [6.07, 6.45) is 0. The number of aromatic nitrogens is 3. The van der Waals surface area contributed by atoms with Gasteiger partial charge in [0, 0.05) is 11.8 Å². The van der Waals surface area contributed by atoms with Gasteiger partial charge >= 0.3 is 0 Å². The predicted octanol–water partition coefficient (Wildman–Crippen LogP) is 3.61. The molecule has 0 radical (unpaired) electrons. The number of nitrogens with zero attached hydrogens (tertiary/aromatic N) is 3. The molecule has 9 heteroatoms. The Morgan fingerprint density at radius 2 is 2.21 bits per heavy atom. The summed E-state index contributed by atoms with van der Waals surface area (Å²) in [5.74, 6) is 1.31. The Labute approximate surface area is 172 Å². The second-order valence-electron chi connectivity index (χ2n) is 6.69. The lowest BCUT2D eigenvalue weighted by Crippen LogP contribution is -2.26. The second-order valence-corrected chi connectivity index (χ2v) is 7.10. The first-order valence-electron chi connectivity index (χ1n) is 9.14. The Kier molecular flexibility index (Phi) is 5.66. The lowest BCUT2D eigenvalue weighted by atomic mass is 10.1. The van der Waals surface area contributed by atoms with Crippen LogP contribution in [0.15, 0.2) is 36.4 Å². The number of fused-ring (bicyclic) bond motifs is 1. The summed E-state index contributed by atoms with van der Waals surface area (Å²) in [5.41, 5.74) is 2.40. The van der Waals surface area contributed by atoms with Gasteiger partial charge in [-0.05, 0) is 36.2 Å². The summed E-state index contributed by atoms with van der Waals surface area (Å²) >= 11 is 6.23. The van der Waals surface area contributed by atoms with E-state index in [1.54, 1.807) is 18.2 Å². The van der Waals surface area contributed by atoms with Crippen LogP contribution in [0.2, 0.25) is 5.02 Å². The van der Waals surface area contributed by atoms with Gasteiger partial charge in [0.25, 0.3) is 0 Å². The molecule has 29 heavy (non-hydrogen) atoms. The number of aryl methyl sites for hydroxylation is 1. The molecule has 7 nitrogen and oxygen atoms in total. The largest absolute Gasteiger partial charge is 0.490 e. The van der Waals surface area contributed by atoms with Crippen molar-refractivity contribution in [3.8, 4) is 5.75 Å². The second kappa shape index (κ2) is 8.36. The van der Waals surface area contributed by atoms with Crippen LogP contribution in [0.4, 0.5) is 16.0 Å². The van der Waals surface area contributed by atoms with Crippen molar-refractivity contribution in [2.45, 2.75) is 19.6 Å². The summed E-state index contributed by atoms with van der Waals surface area (Å²) < 4.78 is 26.8. The standard InChI is InChI=1S/C20H20ClFN4O3/c1-12-7-15(21)18(29-6-5-27)9-16(12)23-20-25-24-19-11-28-10-17(26(19)20)13-3-2-4-14(22)8-13/h2-4,7-9,17,27H,5-6,10-11H2,1H3,(H,23,25)/t17-/m0/s1. The highest BCUT2D eigenvalue weighted by molar-refractivity contribution is 6.32. The van der Waals surface area contributed by atoms with Crippen LogP contribution in [0, 0.1) is 12.7 Å². The number of aliphatic hydroxyl groups is 1. The number of ether oxygens (including phenoxy) is 2. The van der Waals surface area contributed by atoms with Crippen molar-refractivity contribution in [3.63, 3.8) is 0 Å². The highest BCUT2D eigenvalue weighted by Gasteiger charge is 2.27. The molecule has 0 bridgehead atoms. The molecular weight excluding hydrogens is 399 g/mol. The topological polar surface area (TPSA) is 81.4 Å². The van der Waals surface area contributed by atoms with E-state index in [0.29, 0.717) is 35.8 Å². The van der Waals surface area contributed by atoms with Gasteiger partial charge in [-0.15, -0.1) is 10.2 Å². The SMILES string of the molecule is Cc1cc(Cl)c(OCCO)cc1Nc1nnc2n1[C@H](c1cccc(F)c1)COC2. The zero-order valence-electron chi connectivity index (χ0n) is 15.7. The van der Waals surface area contributed by atoms with E-state index in [9.17, 15) is 4.39 Å². The molecule has 0 unspecified atom stereocenters. The monoisotopic (exact) mass is 418 g/mol. The molecule has 0 saturated carbocycles. The Bertz CT molecular complexity index is 1030. The van der Waals surface area contributed by atoms with Crippen molar-refractivity contribution in [1.29, 1.82) is 0 Å². The van der Waals surface area contributed by atoms with Gasteiger partial charge in [-0.1, -0.05) is 23.7 Å². The predicted molar refractivity (Wildman–Crippen MR) is 106 cm³/mol. The number of hydrogen-bond donors (Lipinski definition) is 2. The van der Waals surface area contributed by atoms with Crippen LogP contribution in [-0.4, -0.2) is 39.7 Å². The van der Waals surface area contributed by atoms with E-state index < -0.39 is 0 Å². The van der Waals surface area contributed by atoms with E-state index in [4.69, 9.17) is 26.2 Å². The van der Waals surface area contributed by atoms with Crippen molar-refractivity contribution >= 4 is 23.2 Å². The van der Waals surface area contributed by atoms with Crippen LogP contribution >= 0.6 is 11.6 Å². The third-order valence-electron chi connectivity index (χ3n) is 4.69. The van der Waals surface area contributed by atoms with E-state index >= 15 is 0 Å². The number of aliphatic hydroxyl groups excluding tert-OH is 1. The van der Waals surface area contributed by atoms with Crippen LogP contribution in [0.25, 0.3) is 0 Å². The smallest absolute Gasteiger partial charge is 0.229 e. The van der Waals surface area contributed by atoms with Gasteiger partial charge in [0.2, 0.25) is 5.95 Å². The highest BCUT2D eigenvalue weighted by Crippen LogP contribution is 2.34. The third-order valence-corrected chi connectivity index (χ3v) is 4.99. The fourth-order valence-corrected chi connectivity index (χ4v) is 3.58. The van der Waals surface area contributed by atoms with Crippen LogP contribution in [0.5, 0.6) is 5.75 Å². The van der Waals surface area contributed by atoms with E-state index in [-0.39, 0.29) is 25.1 Å². The summed E-state index contributed by atoms with van der Waals surface area (Å²) in [7, 11) is 0. The number of rotatable bonds is 6. The number of nitrogens with one attached hydrogen (secondary N) is 1. The zero-order chi connectivity index (χ0) is 20.4. The maximum Gasteiger partial charge on any atom is 0.229 e. The van der Waals surface area contributed by atoms with E-state index in [2.05, 4.69) is 15.5 Å². The molecule has 0 fully saturated rings. The average Bonchev–Trinajstić information content (AvgIpc) is 3.12. The molecular formula is C20H20ClFN4O3. The Balaban J connectivity index is 1.69. The molecule has 2 heterocycles. The molecule has 0 spiro atoms. The molecule has 2 N–H and O–H groups in total. The molecule has 1 atom stereocenters. The molecule has 1 aromatic heterocycles. The molecule has 2 aromatic carbocycles. The maximum atomic E-state index is 13.8. The molecule has 0 aliphatic carbocycles. The van der Waals surface area contributed by atoms with Crippen LogP contribution in [0.1, 0.15) is 23.0 Å². The minimum atomic E-state index is -0.309. The minimum absolute atomic E-state index is 0.111. The van der Waals surface area contributed by atoms with Gasteiger partial charge in [0.1, 0.15) is 24.8 Å². The number of benzene rings is 2.